The quantitative estimate of drug-likeness (QED) is 0.637. The maximum Gasteiger partial charge on any atom is 0.273 e. The molecule has 26 heavy (non-hydrogen) atoms. The van der Waals surface area contributed by atoms with Crippen LogP contribution in [0.4, 0.5) is 0 Å². The third-order valence-corrected chi connectivity index (χ3v) is 4.35. The van der Waals surface area contributed by atoms with Crippen molar-refractivity contribution in [1.29, 1.82) is 0 Å². The molecule has 7 nitrogen and oxygen atoms in total. The second-order valence-electron chi connectivity index (χ2n) is 5.38. The second-order valence-corrected chi connectivity index (χ2v) is 6.17. The van der Waals surface area contributed by atoms with Gasteiger partial charge < -0.3 is 14.8 Å². The van der Waals surface area contributed by atoms with E-state index in [2.05, 4.69) is 31.3 Å². The van der Waals surface area contributed by atoms with Gasteiger partial charge in [0.05, 0.1) is 17.7 Å². The molecule has 2 aromatic heterocycles. The molecule has 1 amide bonds. The normalized spacial score (nSPS) is 10.7. The molecular weight excluding hydrogens is 400 g/mol. The van der Waals surface area contributed by atoms with Gasteiger partial charge >= 0.3 is 0 Å². The van der Waals surface area contributed by atoms with E-state index < -0.39 is 0 Å². The van der Waals surface area contributed by atoms with Gasteiger partial charge in [-0.1, -0.05) is 6.07 Å². The lowest BCUT2D eigenvalue weighted by Crippen LogP contribution is -2.23. The fourth-order valence-electron chi connectivity index (χ4n) is 2.48. The Hall–Kier alpha value is -2.61. The van der Waals surface area contributed by atoms with Crippen LogP contribution in [0.15, 0.2) is 41.1 Å². The summed E-state index contributed by atoms with van der Waals surface area (Å²) in [6.07, 6.45) is 3.39. The minimum absolute atomic E-state index is 0.283. The van der Waals surface area contributed by atoms with E-state index in [4.69, 9.17) is 9.47 Å². The first-order chi connectivity index (χ1) is 12.6. The van der Waals surface area contributed by atoms with Gasteiger partial charge in [-0.05, 0) is 53.5 Å². The number of nitrogens with one attached hydrogen (secondary N) is 1. The summed E-state index contributed by atoms with van der Waals surface area (Å²) in [7, 11) is 0. The molecule has 0 saturated heterocycles. The molecule has 0 spiro atoms. The number of fused-ring (bicyclic) bond motifs is 1. The summed E-state index contributed by atoms with van der Waals surface area (Å²) in [4.78, 5) is 16.7. The van der Waals surface area contributed by atoms with Crippen LogP contribution in [0.2, 0.25) is 0 Å². The van der Waals surface area contributed by atoms with Gasteiger partial charge in [-0.15, -0.1) is 0 Å². The molecule has 0 radical (unpaired) electrons. The zero-order valence-corrected chi connectivity index (χ0v) is 16.1. The van der Waals surface area contributed by atoms with Crippen molar-refractivity contribution >= 4 is 27.5 Å². The Kier molecular flexibility index (Phi) is 5.72. The summed E-state index contributed by atoms with van der Waals surface area (Å²) in [6.45, 7) is 5.28. The highest BCUT2D eigenvalue weighted by molar-refractivity contribution is 9.10. The van der Waals surface area contributed by atoms with Crippen molar-refractivity contribution in [3.8, 4) is 11.5 Å². The molecule has 0 unspecified atom stereocenters. The molecule has 1 N–H and O–H groups in total. The molecule has 8 heteroatoms. The predicted octanol–water partition coefficient (Wildman–Crippen LogP) is 3.22. The van der Waals surface area contributed by atoms with E-state index in [1.807, 2.05) is 32.0 Å². The highest BCUT2D eigenvalue weighted by Crippen LogP contribution is 2.28. The summed E-state index contributed by atoms with van der Waals surface area (Å²) >= 11 is 3.39. The molecule has 3 aromatic rings. The van der Waals surface area contributed by atoms with Gasteiger partial charge in [0.25, 0.3) is 5.91 Å². The molecule has 0 atom stereocenters. The Balaban J connectivity index is 1.74. The van der Waals surface area contributed by atoms with Gasteiger partial charge in [0.2, 0.25) is 0 Å². The van der Waals surface area contributed by atoms with Crippen molar-refractivity contribution in [2.24, 2.45) is 0 Å². The minimum atomic E-state index is -0.283. The Morgan fingerprint density at radius 2 is 2.00 bits per heavy atom. The molecule has 0 aliphatic rings. The van der Waals surface area contributed by atoms with Crippen LogP contribution in [-0.2, 0) is 6.54 Å². The molecule has 136 valence electrons. The number of halogens is 1. The molecule has 3 rings (SSSR count). The highest BCUT2D eigenvalue weighted by Gasteiger charge is 2.18. The summed E-state index contributed by atoms with van der Waals surface area (Å²) in [6, 6.07) is 7.37. The molecule has 0 fully saturated rings. The van der Waals surface area contributed by atoms with E-state index >= 15 is 0 Å². The first kappa shape index (κ1) is 18.2. The zero-order valence-electron chi connectivity index (χ0n) is 14.5. The number of carbonyl (C=O) groups excluding carboxylic acids is 1. The van der Waals surface area contributed by atoms with E-state index in [1.54, 1.807) is 23.0 Å². The van der Waals surface area contributed by atoms with E-state index in [-0.39, 0.29) is 5.91 Å². The molecule has 2 heterocycles. The molecular formula is C18H19BrN4O3. The van der Waals surface area contributed by atoms with Crippen LogP contribution in [0, 0.1) is 0 Å². The van der Waals surface area contributed by atoms with Crippen LogP contribution >= 0.6 is 15.9 Å². The second kappa shape index (κ2) is 8.18. The Bertz CT molecular complexity index is 926. The van der Waals surface area contributed by atoms with Crippen LogP contribution in [0.1, 0.15) is 29.9 Å². The average molecular weight is 419 g/mol. The Morgan fingerprint density at radius 1 is 1.23 bits per heavy atom. The maximum absolute atomic E-state index is 12.5. The van der Waals surface area contributed by atoms with Crippen LogP contribution in [0.3, 0.4) is 0 Å². The minimum Gasteiger partial charge on any atom is -0.490 e. The van der Waals surface area contributed by atoms with Crippen molar-refractivity contribution in [3.05, 3.63) is 52.4 Å². The van der Waals surface area contributed by atoms with Gasteiger partial charge in [0.15, 0.2) is 22.8 Å². The first-order valence-electron chi connectivity index (χ1n) is 8.29. The lowest BCUT2D eigenvalue weighted by Gasteiger charge is -2.12. The lowest BCUT2D eigenvalue weighted by molar-refractivity contribution is 0.0945. The van der Waals surface area contributed by atoms with Crippen LogP contribution in [0.5, 0.6) is 11.5 Å². The fourth-order valence-corrected chi connectivity index (χ4v) is 3.02. The predicted molar refractivity (Wildman–Crippen MR) is 101 cm³/mol. The lowest BCUT2D eigenvalue weighted by atomic mass is 10.2. The third kappa shape index (κ3) is 3.80. The number of hydrogen-bond acceptors (Lipinski definition) is 5. The summed E-state index contributed by atoms with van der Waals surface area (Å²) in [5.41, 5.74) is 1.79. The molecule has 0 saturated carbocycles. The number of nitrogens with zero attached hydrogens (tertiary/aromatic N) is 3. The SMILES string of the molecule is CCOc1ccc(CNC(=O)c2nn3cccnc3c2Br)cc1OCC. The van der Waals surface area contributed by atoms with Crippen molar-refractivity contribution < 1.29 is 14.3 Å². The number of benzene rings is 1. The number of ether oxygens (including phenoxy) is 2. The smallest absolute Gasteiger partial charge is 0.273 e. The Labute approximate surface area is 159 Å². The summed E-state index contributed by atoms with van der Waals surface area (Å²) < 4.78 is 13.3. The van der Waals surface area contributed by atoms with Crippen molar-refractivity contribution in [2.45, 2.75) is 20.4 Å². The van der Waals surface area contributed by atoms with E-state index in [0.29, 0.717) is 47.1 Å². The molecule has 0 bridgehead atoms. The molecule has 1 aromatic carbocycles. The van der Waals surface area contributed by atoms with Gasteiger partial charge in [-0.3, -0.25) is 4.79 Å². The van der Waals surface area contributed by atoms with Crippen molar-refractivity contribution in [3.63, 3.8) is 0 Å². The van der Waals surface area contributed by atoms with Crippen LogP contribution < -0.4 is 14.8 Å². The number of carbonyl (C=O) groups is 1. The summed E-state index contributed by atoms with van der Waals surface area (Å²) in [5.74, 6) is 1.08. The van der Waals surface area contributed by atoms with Gasteiger partial charge in [0, 0.05) is 18.9 Å². The van der Waals surface area contributed by atoms with E-state index in [9.17, 15) is 4.79 Å². The van der Waals surface area contributed by atoms with Gasteiger partial charge in [-0.2, -0.15) is 5.10 Å². The number of rotatable bonds is 7. The van der Waals surface area contributed by atoms with Crippen LogP contribution in [0.25, 0.3) is 5.65 Å². The Morgan fingerprint density at radius 3 is 2.73 bits per heavy atom. The van der Waals surface area contributed by atoms with Gasteiger partial charge in [0.1, 0.15) is 0 Å². The number of amides is 1. The van der Waals surface area contributed by atoms with Crippen molar-refractivity contribution in [1.82, 2.24) is 19.9 Å². The monoisotopic (exact) mass is 418 g/mol. The van der Waals surface area contributed by atoms with Gasteiger partial charge in [-0.25, -0.2) is 9.50 Å². The van der Waals surface area contributed by atoms with Crippen LogP contribution in [-0.4, -0.2) is 33.7 Å². The number of aromatic nitrogens is 3. The maximum atomic E-state index is 12.5. The zero-order chi connectivity index (χ0) is 18.5. The number of hydrogen-bond donors (Lipinski definition) is 1. The van der Waals surface area contributed by atoms with Crippen molar-refractivity contribution in [2.75, 3.05) is 13.2 Å². The highest BCUT2D eigenvalue weighted by atomic mass is 79.9. The van der Waals surface area contributed by atoms with E-state index in [0.717, 1.165) is 5.56 Å². The first-order valence-corrected chi connectivity index (χ1v) is 9.08. The fraction of sp³-hybridized carbons (Fsp3) is 0.278. The average Bonchev–Trinajstić information content (AvgIpc) is 2.99. The molecule has 0 aliphatic heterocycles. The largest absolute Gasteiger partial charge is 0.490 e. The third-order valence-electron chi connectivity index (χ3n) is 3.62. The topological polar surface area (TPSA) is 77.8 Å². The molecule has 0 aliphatic carbocycles. The standard InChI is InChI=1S/C18H19BrN4O3/c1-3-25-13-7-6-12(10-14(13)26-4-2)11-21-18(24)16-15(19)17-20-8-5-9-23(17)22-16/h5-10H,3-4,11H2,1-2H3,(H,21,24). The van der Waals surface area contributed by atoms with E-state index in [1.165, 1.54) is 0 Å². The summed E-state index contributed by atoms with van der Waals surface area (Å²) in [5, 5.41) is 7.13.